The van der Waals surface area contributed by atoms with Gasteiger partial charge in [-0.15, -0.1) is 5.10 Å². The molecule has 1 aliphatic heterocycles. The van der Waals surface area contributed by atoms with E-state index < -0.39 is 12.0 Å². The quantitative estimate of drug-likeness (QED) is 0.0825. The predicted molar refractivity (Wildman–Crippen MR) is 192 cm³/mol. The summed E-state index contributed by atoms with van der Waals surface area (Å²) in [6, 6.07) is 15.3. The lowest BCUT2D eigenvalue weighted by Crippen LogP contribution is -2.30. The molecule has 2 heterocycles. The summed E-state index contributed by atoms with van der Waals surface area (Å²) < 4.78 is 20.7. The zero-order valence-corrected chi connectivity index (χ0v) is 30.7. The first-order valence-electron chi connectivity index (χ1n) is 15.7. The zero-order valence-electron chi connectivity index (χ0n) is 27.6. The number of nitrogens with one attached hydrogen (secondary N) is 1. The predicted octanol–water partition coefficient (Wildman–Crippen LogP) is 9.52. The van der Waals surface area contributed by atoms with E-state index in [1.54, 1.807) is 4.68 Å². The van der Waals surface area contributed by atoms with Crippen LogP contribution >= 0.6 is 39.3 Å². The summed E-state index contributed by atoms with van der Waals surface area (Å²) in [5.41, 5.74) is 7.60. The van der Waals surface area contributed by atoms with Crippen LogP contribution in [0.25, 0.3) is 0 Å². The average molecular weight is 740 g/mol. The first kappa shape index (κ1) is 34.9. The maximum absolute atomic E-state index is 13.7. The number of nitrogens with zero attached hydrogens (tertiary/aromatic N) is 3. The van der Waals surface area contributed by atoms with Crippen molar-refractivity contribution in [2.24, 2.45) is 0 Å². The van der Waals surface area contributed by atoms with Gasteiger partial charge in [0.25, 0.3) is 0 Å². The summed E-state index contributed by atoms with van der Waals surface area (Å²) in [6.45, 7) is 13.3. The Morgan fingerprint density at radius 2 is 1.79 bits per heavy atom. The number of hydrogen-bond donors (Lipinski definition) is 1. The molecule has 1 aliphatic rings. The summed E-state index contributed by atoms with van der Waals surface area (Å²) in [5.74, 6) is 1.87. The fourth-order valence-electron chi connectivity index (χ4n) is 5.38. The number of unbranched alkanes of at least 4 members (excludes halogenated alkanes) is 1. The largest absolute Gasteiger partial charge is 0.490 e. The van der Waals surface area contributed by atoms with Crippen molar-refractivity contribution in [3.8, 4) is 11.5 Å². The molecule has 3 aromatic carbocycles. The molecule has 1 unspecified atom stereocenters. The van der Waals surface area contributed by atoms with Crippen LogP contribution in [0, 0.1) is 20.8 Å². The van der Waals surface area contributed by atoms with Crippen LogP contribution in [-0.4, -0.2) is 33.9 Å². The van der Waals surface area contributed by atoms with E-state index in [-0.39, 0.29) is 0 Å². The Kier molecular flexibility index (Phi) is 11.6. The maximum Gasteiger partial charge on any atom is 0.338 e. The number of anilines is 1. The molecule has 0 bridgehead atoms. The van der Waals surface area contributed by atoms with E-state index in [1.807, 2.05) is 50.2 Å². The van der Waals surface area contributed by atoms with E-state index >= 15 is 0 Å². The Labute approximate surface area is 294 Å². The Morgan fingerprint density at radius 3 is 2.53 bits per heavy atom. The minimum absolute atomic E-state index is 0.334. The van der Waals surface area contributed by atoms with Gasteiger partial charge < -0.3 is 19.5 Å². The van der Waals surface area contributed by atoms with Gasteiger partial charge in [0.05, 0.1) is 23.3 Å². The zero-order chi connectivity index (χ0) is 33.7. The number of thioether (sulfide) groups is 1. The molecule has 248 valence electrons. The van der Waals surface area contributed by atoms with E-state index in [0.717, 1.165) is 29.5 Å². The Morgan fingerprint density at radius 1 is 1.02 bits per heavy atom. The molecular formula is C36H40BrClN4O4S. The lowest BCUT2D eigenvalue weighted by atomic mass is 9.95. The van der Waals surface area contributed by atoms with Gasteiger partial charge in [-0.25, -0.2) is 9.48 Å². The van der Waals surface area contributed by atoms with E-state index in [2.05, 4.69) is 61.1 Å². The first-order valence-corrected chi connectivity index (χ1v) is 17.9. The maximum atomic E-state index is 13.7. The van der Waals surface area contributed by atoms with Gasteiger partial charge in [0, 0.05) is 16.5 Å². The summed E-state index contributed by atoms with van der Waals surface area (Å²) in [4.78, 5) is 18.4. The summed E-state index contributed by atoms with van der Waals surface area (Å²) in [5, 5.41) is 9.42. The van der Waals surface area contributed by atoms with Gasteiger partial charge in [0.15, 0.2) is 11.5 Å². The molecule has 4 aromatic rings. The molecule has 0 aliphatic carbocycles. The van der Waals surface area contributed by atoms with Gasteiger partial charge in [-0.05, 0) is 109 Å². The molecule has 8 nitrogen and oxygen atoms in total. The van der Waals surface area contributed by atoms with Crippen LogP contribution in [0.15, 0.2) is 69.4 Å². The van der Waals surface area contributed by atoms with Crippen LogP contribution in [0.1, 0.15) is 73.0 Å². The fraction of sp³-hybridized carbons (Fsp3) is 0.361. The van der Waals surface area contributed by atoms with Crippen LogP contribution in [0.5, 0.6) is 11.5 Å². The minimum Gasteiger partial charge on any atom is -0.490 e. The Bertz CT molecular complexity index is 1810. The number of carbonyl (C=O) groups excluding carboxylic acids is 1. The second-order valence-electron chi connectivity index (χ2n) is 11.5. The Balaban J connectivity index is 1.53. The molecule has 11 heteroatoms. The van der Waals surface area contributed by atoms with Crippen LogP contribution in [-0.2, 0) is 21.9 Å². The van der Waals surface area contributed by atoms with Crippen molar-refractivity contribution < 1.29 is 19.0 Å². The number of hydrogen-bond acceptors (Lipinski definition) is 8. The van der Waals surface area contributed by atoms with Crippen molar-refractivity contribution in [3.63, 3.8) is 0 Å². The number of fused-ring (bicyclic) bond motifs is 1. The summed E-state index contributed by atoms with van der Waals surface area (Å²) >= 11 is 11.6. The van der Waals surface area contributed by atoms with Crippen molar-refractivity contribution in [1.29, 1.82) is 0 Å². The SMILES string of the molecule is CCCCOC(=O)C1=C(C)Nc2nc(SCc3ccccc3Cl)nn2C1c1cc(Br)c(OCc2cc(C)c(C)cc2C)c(OCC)c1. The molecular weight excluding hydrogens is 700 g/mol. The third-order valence-electron chi connectivity index (χ3n) is 8.07. The molecule has 1 aromatic heterocycles. The third kappa shape index (κ3) is 7.99. The van der Waals surface area contributed by atoms with Crippen molar-refractivity contribution in [3.05, 3.63) is 103 Å². The van der Waals surface area contributed by atoms with E-state index in [9.17, 15) is 4.79 Å². The number of aromatic nitrogens is 3. The van der Waals surface area contributed by atoms with E-state index in [4.69, 9.17) is 35.9 Å². The van der Waals surface area contributed by atoms with E-state index in [0.29, 0.717) is 68.9 Å². The van der Waals surface area contributed by atoms with Gasteiger partial charge >= 0.3 is 5.97 Å². The molecule has 0 saturated carbocycles. The molecule has 5 rings (SSSR count). The van der Waals surface area contributed by atoms with Gasteiger partial charge in [0.1, 0.15) is 12.6 Å². The number of aryl methyl sites for hydroxylation is 3. The van der Waals surface area contributed by atoms with Gasteiger partial charge in [0.2, 0.25) is 11.1 Å². The molecule has 1 N–H and O–H groups in total. The van der Waals surface area contributed by atoms with E-state index in [1.165, 1.54) is 28.5 Å². The highest BCUT2D eigenvalue weighted by Gasteiger charge is 2.36. The minimum atomic E-state index is -0.630. The number of allylic oxidation sites excluding steroid dienone is 1. The number of esters is 1. The highest BCUT2D eigenvalue weighted by molar-refractivity contribution is 9.10. The van der Waals surface area contributed by atoms with Crippen molar-refractivity contribution in [2.45, 2.75) is 77.9 Å². The first-order chi connectivity index (χ1) is 22.6. The van der Waals surface area contributed by atoms with Crippen LogP contribution in [0.4, 0.5) is 5.95 Å². The smallest absolute Gasteiger partial charge is 0.338 e. The normalized spacial score (nSPS) is 14.1. The summed E-state index contributed by atoms with van der Waals surface area (Å²) in [6.07, 6.45) is 1.69. The van der Waals surface area contributed by atoms with Crippen molar-refractivity contribution >= 4 is 51.2 Å². The number of carbonyl (C=O) groups is 1. The topological polar surface area (TPSA) is 87.5 Å². The van der Waals surface area contributed by atoms with Crippen LogP contribution in [0.3, 0.4) is 0 Å². The van der Waals surface area contributed by atoms with Gasteiger partial charge in [-0.1, -0.05) is 67.0 Å². The van der Waals surface area contributed by atoms with Crippen LogP contribution in [0.2, 0.25) is 5.02 Å². The average Bonchev–Trinajstić information content (AvgIpc) is 3.44. The Hall–Kier alpha value is -3.47. The highest BCUT2D eigenvalue weighted by atomic mass is 79.9. The van der Waals surface area contributed by atoms with Crippen molar-refractivity contribution in [1.82, 2.24) is 14.8 Å². The molecule has 0 amide bonds. The standard InChI is InChI=1S/C36H40BrClN4O4S/c1-7-9-14-45-34(43)31-24(6)39-35-40-36(47-20-25-12-10-11-13-29(25)38)41-42(35)32(31)26-17-28(37)33(30(18-26)44-8-2)46-19-27-16-22(4)21(3)15-23(27)5/h10-13,15-18,32H,7-9,14,19-20H2,1-6H3,(H,39,40,41). The third-order valence-corrected chi connectivity index (χ3v) is 9.91. The molecule has 0 saturated heterocycles. The molecule has 0 spiro atoms. The van der Waals surface area contributed by atoms with Crippen molar-refractivity contribution in [2.75, 3.05) is 18.5 Å². The number of halogens is 2. The number of rotatable bonds is 13. The lowest BCUT2D eigenvalue weighted by Gasteiger charge is -2.29. The fourth-order valence-corrected chi connectivity index (χ4v) is 7.07. The molecule has 0 fully saturated rings. The molecule has 0 radical (unpaired) electrons. The highest BCUT2D eigenvalue weighted by Crippen LogP contribution is 2.44. The lowest BCUT2D eigenvalue weighted by molar-refractivity contribution is -0.139. The van der Waals surface area contributed by atoms with Gasteiger partial charge in [-0.3, -0.25) is 0 Å². The van der Waals surface area contributed by atoms with Crippen LogP contribution < -0.4 is 14.8 Å². The molecule has 47 heavy (non-hydrogen) atoms. The summed E-state index contributed by atoms with van der Waals surface area (Å²) in [7, 11) is 0. The monoisotopic (exact) mass is 738 g/mol. The second kappa shape index (κ2) is 15.6. The van der Waals surface area contributed by atoms with Gasteiger partial charge in [-0.2, -0.15) is 4.98 Å². The number of benzene rings is 3. The molecule has 1 atom stereocenters. The second-order valence-corrected chi connectivity index (χ2v) is 13.7. The number of ether oxygens (including phenoxy) is 3.